The molecule has 0 radical (unpaired) electrons. The fourth-order valence-corrected chi connectivity index (χ4v) is 2.51. The molecule has 24 heavy (non-hydrogen) atoms. The van der Waals surface area contributed by atoms with Crippen LogP contribution in [0, 0.1) is 0 Å². The van der Waals surface area contributed by atoms with Crippen LogP contribution >= 0.6 is 0 Å². The summed E-state index contributed by atoms with van der Waals surface area (Å²) in [5.41, 5.74) is 11.0. The average Bonchev–Trinajstić information content (AvgIpc) is 2.45. The Balaban J connectivity index is 3.24. The first-order valence-electron chi connectivity index (χ1n) is 7.66. The highest BCUT2D eigenvalue weighted by atomic mass is 16.4. The van der Waals surface area contributed by atoms with E-state index in [2.05, 4.69) is 5.32 Å². The van der Waals surface area contributed by atoms with E-state index in [4.69, 9.17) is 11.5 Å². The molecule has 6 N–H and O–H groups in total. The molecule has 0 heterocycles. The Morgan fingerprint density at radius 1 is 1.17 bits per heavy atom. The zero-order valence-corrected chi connectivity index (χ0v) is 14.2. The minimum Gasteiger partial charge on any atom is -0.480 e. The van der Waals surface area contributed by atoms with E-state index < -0.39 is 41.2 Å². The molecule has 0 spiro atoms. The molecule has 0 saturated carbocycles. The first-order valence-corrected chi connectivity index (χ1v) is 7.66. The summed E-state index contributed by atoms with van der Waals surface area (Å²) in [4.78, 5) is 35.7. The lowest BCUT2D eigenvalue weighted by Gasteiger charge is -2.31. The second-order valence-electron chi connectivity index (χ2n) is 6.77. The third-order valence-electron chi connectivity index (χ3n) is 3.47. The number of nitrogens with two attached hydrogens (primary N) is 2. The van der Waals surface area contributed by atoms with Crippen molar-refractivity contribution in [1.82, 2.24) is 5.32 Å². The molecule has 7 heteroatoms. The molecule has 0 aromatic heterocycles. The maximum atomic E-state index is 13.0. The summed E-state index contributed by atoms with van der Waals surface area (Å²) >= 11 is 0. The zero-order valence-electron chi connectivity index (χ0n) is 14.2. The van der Waals surface area contributed by atoms with Gasteiger partial charge in [-0.05, 0) is 26.3 Å². The molecular formula is C17H25N3O4. The molecular weight excluding hydrogens is 310 g/mol. The molecule has 132 valence electrons. The van der Waals surface area contributed by atoms with Gasteiger partial charge in [-0.15, -0.1) is 0 Å². The number of amides is 1. The van der Waals surface area contributed by atoms with Crippen LogP contribution in [0.15, 0.2) is 30.3 Å². The van der Waals surface area contributed by atoms with Crippen molar-refractivity contribution in [1.29, 1.82) is 0 Å². The first kappa shape index (κ1) is 19.8. The number of hydrogen-bond donors (Lipinski definition) is 4. The van der Waals surface area contributed by atoms with Crippen LogP contribution in [-0.2, 0) is 14.4 Å². The van der Waals surface area contributed by atoms with Crippen molar-refractivity contribution in [3.05, 3.63) is 35.9 Å². The standard InChI is InChI=1S/C17H25N3O4/c1-17(2,3)20-11(9-12(18)21)15(22)13(14(19)16(23)24)10-7-5-4-6-8-10/h4-8,11,13-14,20H,9,19H2,1-3H3,(H2,18,21)(H,23,24)/t11-,13?,14-/m0/s1. The normalized spacial score (nSPS) is 15.3. The molecule has 1 aromatic rings. The Hall–Kier alpha value is -2.25. The number of Topliss-reactive ketones (excluding diaryl/α,β-unsaturated/α-hetero) is 1. The molecule has 0 saturated heterocycles. The van der Waals surface area contributed by atoms with Crippen molar-refractivity contribution in [3.63, 3.8) is 0 Å². The maximum absolute atomic E-state index is 13.0. The molecule has 0 fully saturated rings. The SMILES string of the molecule is CC(C)(C)N[C@@H](CC(N)=O)C(=O)C(c1ccccc1)[C@H](N)C(=O)O. The fraction of sp³-hybridized carbons (Fsp3) is 0.471. The molecule has 0 aliphatic carbocycles. The van der Waals surface area contributed by atoms with Crippen molar-refractivity contribution >= 4 is 17.7 Å². The number of hydrogen-bond acceptors (Lipinski definition) is 5. The van der Waals surface area contributed by atoms with Crippen molar-refractivity contribution in [2.45, 2.75) is 50.7 Å². The topological polar surface area (TPSA) is 136 Å². The van der Waals surface area contributed by atoms with E-state index in [0.29, 0.717) is 5.56 Å². The number of primary amides is 1. The molecule has 1 unspecified atom stereocenters. The molecule has 3 atom stereocenters. The zero-order chi connectivity index (χ0) is 18.5. The molecule has 0 aliphatic rings. The minimum absolute atomic E-state index is 0.230. The van der Waals surface area contributed by atoms with Gasteiger partial charge in [0.15, 0.2) is 5.78 Å². The molecule has 1 rings (SSSR count). The van der Waals surface area contributed by atoms with Gasteiger partial charge in [-0.25, -0.2) is 0 Å². The summed E-state index contributed by atoms with van der Waals surface area (Å²) in [5, 5.41) is 12.3. The summed E-state index contributed by atoms with van der Waals surface area (Å²) in [7, 11) is 0. The quantitative estimate of drug-likeness (QED) is 0.542. The van der Waals surface area contributed by atoms with Crippen LogP contribution < -0.4 is 16.8 Å². The minimum atomic E-state index is -1.42. The van der Waals surface area contributed by atoms with Gasteiger partial charge in [-0.3, -0.25) is 14.4 Å². The van der Waals surface area contributed by atoms with Crippen molar-refractivity contribution < 1.29 is 19.5 Å². The number of carbonyl (C=O) groups excluding carboxylic acids is 2. The van der Waals surface area contributed by atoms with E-state index in [1.54, 1.807) is 30.3 Å². The number of ketones is 1. The van der Waals surface area contributed by atoms with Crippen LogP contribution in [0.1, 0.15) is 38.7 Å². The van der Waals surface area contributed by atoms with E-state index in [9.17, 15) is 19.5 Å². The Labute approximate surface area is 141 Å². The summed E-state index contributed by atoms with van der Waals surface area (Å²) in [6, 6.07) is 6.10. The fourth-order valence-electron chi connectivity index (χ4n) is 2.51. The lowest BCUT2D eigenvalue weighted by molar-refractivity contribution is -0.141. The van der Waals surface area contributed by atoms with Crippen LogP contribution in [0.2, 0.25) is 0 Å². The second kappa shape index (κ2) is 8.03. The van der Waals surface area contributed by atoms with Crippen LogP contribution in [0.5, 0.6) is 0 Å². The van der Waals surface area contributed by atoms with Crippen LogP contribution in [0.3, 0.4) is 0 Å². The highest BCUT2D eigenvalue weighted by Crippen LogP contribution is 2.23. The number of benzene rings is 1. The van der Waals surface area contributed by atoms with Gasteiger partial charge in [0.05, 0.1) is 12.0 Å². The summed E-state index contributed by atoms with van der Waals surface area (Å²) < 4.78 is 0. The van der Waals surface area contributed by atoms with Crippen molar-refractivity contribution in [3.8, 4) is 0 Å². The van der Waals surface area contributed by atoms with E-state index in [1.807, 2.05) is 20.8 Å². The molecule has 1 aromatic carbocycles. The van der Waals surface area contributed by atoms with Gasteiger partial charge in [0.1, 0.15) is 6.04 Å². The van der Waals surface area contributed by atoms with Crippen LogP contribution in [-0.4, -0.2) is 40.4 Å². The first-order chi connectivity index (χ1) is 11.0. The number of rotatable bonds is 8. The third-order valence-corrected chi connectivity index (χ3v) is 3.47. The lowest BCUT2D eigenvalue weighted by Crippen LogP contribution is -2.53. The predicted molar refractivity (Wildman–Crippen MR) is 90.3 cm³/mol. The van der Waals surface area contributed by atoms with E-state index in [-0.39, 0.29) is 6.42 Å². The van der Waals surface area contributed by atoms with Gasteiger partial charge in [-0.1, -0.05) is 30.3 Å². The van der Waals surface area contributed by atoms with Crippen molar-refractivity contribution in [2.75, 3.05) is 0 Å². The van der Waals surface area contributed by atoms with Gasteiger partial charge in [0.25, 0.3) is 0 Å². The van der Waals surface area contributed by atoms with Gasteiger partial charge in [-0.2, -0.15) is 0 Å². The predicted octanol–water partition coefficient (Wildman–Crippen LogP) is 0.383. The van der Waals surface area contributed by atoms with Crippen LogP contribution in [0.4, 0.5) is 0 Å². The Bertz CT molecular complexity index is 596. The van der Waals surface area contributed by atoms with Gasteiger partial charge in [0.2, 0.25) is 5.91 Å². The number of aliphatic carboxylic acids is 1. The lowest BCUT2D eigenvalue weighted by atomic mass is 9.83. The Kier molecular flexibility index (Phi) is 6.62. The monoisotopic (exact) mass is 335 g/mol. The van der Waals surface area contributed by atoms with Gasteiger partial charge < -0.3 is 21.9 Å². The average molecular weight is 335 g/mol. The van der Waals surface area contributed by atoms with Gasteiger partial charge >= 0.3 is 5.97 Å². The highest BCUT2D eigenvalue weighted by Gasteiger charge is 2.37. The Morgan fingerprint density at radius 2 is 1.71 bits per heavy atom. The van der Waals surface area contributed by atoms with E-state index in [1.165, 1.54) is 0 Å². The molecule has 7 nitrogen and oxygen atoms in total. The van der Waals surface area contributed by atoms with E-state index in [0.717, 1.165) is 0 Å². The Morgan fingerprint density at radius 3 is 2.12 bits per heavy atom. The van der Waals surface area contributed by atoms with Crippen molar-refractivity contribution in [2.24, 2.45) is 11.5 Å². The van der Waals surface area contributed by atoms with E-state index >= 15 is 0 Å². The largest absolute Gasteiger partial charge is 0.480 e. The summed E-state index contributed by atoms with van der Waals surface area (Å²) in [6.45, 7) is 5.51. The summed E-state index contributed by atoms with van der Waals surface area (Å²) in [6.07, 6.45) is -0.230. The van der Waals surface area contributed by atoms with Gasteiger partial charge in [0, 0.05) is 12.0 Å². The summed E-state index contributed by atoms with van der Waals surface area (Å²) in [5.74, 6) is -3.49. The number of carboxylic acids is 1. The maximum Gasteiger partial charge on any atom is 0.321 e. The number of carboxylic acid groups (broad SMARTS) is 1. The smallest absolute Gasteiger partial charge is 0.321 e. The number of nitrogens with one attached hydrogen (secondary N) is 1. The molecule has 0 bridgehead atoms. The highest BCUT2D eigenvalue weighted by molar-refractivity contribution is 5.97. The molecule has 1 amide bonds. The second-order valence-corrected chi connectivity index (χ2v) is 6.77. The molecule has 0 aliphatic heterocycles. The van der Waals surface area contributed by atoms with Crippen LogP contribution in [0.25, 0.3) is 0 Å². The third kappa shape index (κ3) is 5.75. The number of carbonyl (C=O) groups is 3.